The van der Waals surface area contributed by atoms with E-state index in [0.29, 0.717) is 6.54 Å². The van der Waals surface area contributed by atoms with Crippen LogP contribution in [0, 0.1) is 5.82 Å². The molecule has 0 radical (unpaired) electrons. The highest BCUT2D eigenvalue weighted by molar-refractivity contribution is 7.10. The van der Waals surface area contributed by atoms with Gasteiger partial charge in [0.25, 0.3) is 0 Å². The first-order valence-electron chi connectivity index (χ1n) is 7.70. The van der Waals surface area contributed by atoms with Crippen LogP contribution >= 0.6 is 11.3 Å². The SMILES string of the molecule is CCCNC(=O)NC(=O)CNC(c1ccc(F)cc1)c1cccs1. The summed E-state index contributed by atoms with van der Waals surface area (Å²) in [5.41, 5.74) is 0.849. The molecule has 24 heavy (non-hydrogen) atoms. The summed E-state index contributed by atoms with van der Waals surface area (Å²) in [5, 5.41) is 9.90. The molecule has 0 aliphatic heterocycles. The van der Waals surface area contributed by atoms with Crippen LogP contribution in [0.25, 0.3) is 0 Å². The maximum absolute atomic E-state index is 13.1. The van der Waals surface area contributed by atoms with Gasteiger partial charge in [-0.25, -0.2) is 9.18 Å². The molecular formula is C17H20FN3O2S. The van der Waals surface area contributed by atoms with E-state index in [9.17, 15) is 14.0 Å². The van der Waals surface area contributed by atoms with E-state index >= 15 is 0 Å². The lowest BCUT2D eigenvalue weighted by molar-refractivity contribution is -0.119. The molecule has 0 bridgehead atoms. The molecule has 5 nitrogen and oxygen atoms in total. The Morgan fingerprint density at radius 1 is 1.21 bits per heavy atom. The Kier molecular flexibility index (Phi) is 6.89. The van der Waals surface area contributed by atoms with Gasteiger partial charge in [0.1, 0.15) is 5.82 Å². The van der Waals surface area contributed by atoms with Crippen molar-refractivity contribution in [1.82, 2.24) is 16.0 Å². The molecule has 0 saturated heterocycles. The lowest BCUT2D eigenvalue weighted by atomic mass is 10.1. The van der Waals surface area contributed by atoms with E-state index in [0.717, 1.165) is 16.9 Å². The molecule has 1 atom stereocenters. The van der Waals surface area contributed by atoms with Crippen molar-refractivity contribution in [2.45, 2.75) is 19.4 Å². The molecule has 0 fully saturated rings. The van der Waals surface area contributed by atoms with Crippen molar-refractivity contribution in [3.63, 3.8) is 0 Å². The third-order valence-electron chi connectivity index (χ3n) is 3.29. The largest absolute Gasteiger partial charge is 0.338 e. The second-order valence-corrected chi connectivity index (χ2v) is 6.16. The zero-order valence-electron chi connectivity index (χ0n) is 13.3. The number of carbonyl (C=O) groups is 2. The Labute approximate surface area is 144 Å². The summed E-state index contributed by atoms with van der Waals surface area (Å²) in [6.45, 7) is 2.41. The summed E-state index contributed by atoms with van der Waals surface area (Å²) < 4.78 is 13.1. The standard InChI is InChI=1S/C17H20FN3O2S/c1-2-9-19-17(23)21-15(22)11-20-16(14-4-3-10-24-14)12-5-7-13(18)8-6-12/h3-8,10,16,20H,2,9,11H2,1H3,(H2,19,21,22,23). The summed E-state index contributed by atoms with van der Waals surface area (Å²) >= 11 is 1.54. The molecule has 3 amide bonds. The molecule has 1 unspecified atom stereocenters. The Hall–Kier alpha value is -2.25. The molecule has 0 spiro atoms. The molecule has 1 aromatic carbocycles. The van der Waals surface area contributed by atoms with Gasteiger partial charge in [-0.15, -0.1) is 11.3 Å². The van der Waals surface area contributed by atoms with Crippen LogP contribution in [-0.4, -0.2) is 25.0 Å². The van der Waals surface area contributed by atoms with Crippen LogP contribution in [0.15, 0.2) is 41.8 Å². The van der Waals surface area contributed by atoms with E-state index < -0.39 is 11.9 Å². The van der Waals surface area contributed by atoms with Gasteiger partial charge in [0.15, 0.2) is 0 Å². The number of rotatable bonds is 7. The Morgan fingerprint density at radius 3 is 2.58 bits per heavy atom. The van der Waals surface area contributed by atoms with Crippen molar-refractivity contribution in [1.29, 1.82) is 0 Å². The molecule has 1 heterocycles. The number of hydrogen-bond acceptors (Lipinski definition) is 4. The van der Waals surface area contributed by atoms with Crippen molar-refractivity contribution in [3.8, 4) is 0 Å². The highest BCUT2D eigenvalue weighted by Gasteiger charge is 2.17. The van der Waals surface area contributed by atoms with E-state index in [1.54, 1.807) is 12.1 Å². The Morgan fingerprint density at radius 2 is 1.96 bits per heavy atom. The first kappa shape index (κ1) is 18.1. The summed E-state index contributed by atoms with van der Waals surface area (Å²) in [5.74, 6) is -0.735. The fraction of sp³-hybridized carbons (Fsp3) is 0.294. The van der Waals surface area contributed by atoms with Gasteiger partial charge in [-0.05, 0) is 35.6 Å². The maximum Gasteiger partial charge on any atom is 0.321 e. The first-order valence-corrected chi connectivity index (χ1v) is 8.58. The summed E-state index contributed by atoms with van der Waals surface area (Å²) in [6, 6.07) is 9.24. The molecule has 1 aromatic heterocycles. The minimum Gasteiger partial charge on any atom is -0.338 e. The van der Waals surface area contributed by atoms with Crippen LogP contribution in [0.5, 0.6) is 0 Å². The fourth-order valence-corrected chi connectivity index (χ4v) is 2.97. The van der Waals surface area contributed by atoms with Gasteiger partial charge in [-0.3, -0.25) is 15.4 Å². The van der Waals surface area contributed by atoms with Gasteiger partial charge in [0.05, 0.1) is 12.6 Å². The van der Waals surface area contributed by atoms with Gasteiger partial charge in [-0.2, -0.15) is 0 Å². The second-order valence-electron chi connectivity index (χ2n) is 5.18. The summed E-state index contributed by atoms with van der Waals surface area (Å²) in [6.07, 6.45) is 0.797. The van der Waals surface area contributed by atoms with Gasteiger partial charge in [0, 0.05) is 11.4 Å². The average Bonchev–Trinajstić information content (AvgIpc) is 3.09. The van der Waals surface area contributed by atoms with Crippen molar-refractivity contribution >= 4 is 23.3 Å². The molecule has 128 valence electrons. The van der Waals surface area contributed by atoms with E-state index in [4.69, 9.17) is 0 Å². The second kappa shape index (κ2) is 9.14. The molecule has 3 N–H and O–H groups in total. The molecular weight excluding hydrogens is 329 g/mol. The smallest absolute Gasteiger partial charge is 0.321 e. The number of benzene rings is 1. The zero-order valence-corrected chi connectivity index (χ0v) is 14.2. The Bertz CT molecular complexity index is 659. The predicted octanol–water partition coefficient (Wildman–Crippen LogP) is 2.80. The minimum atomic E-state index is -0.502. The first-order chi connectivity index (χ1) is 11.6. The predicted molar refractivity (Wildman–Crippen MR) is 92.4 cm³/mol. The molecule has 0 aliphatic carbocycles. The van der Waals surface area contributed by atoms with Crippen LogP contribution in [0.3, 0.4) is 0 Å². The lowest BCUT2D eigenvalue weighted by Crippen LogP contribution is -2.44. The average molecular weight is 349 g/mol. The van der Waals surface area contributed by atoms with Crippen LogP contribution in [0.2, 0.25) is 0 Å². The van der Waals surface area contributed by atoms with Crippen LogP contribution in [0.4, 0.5) is 9.18 Å². The van der Waals surface area contributed by atoms with Gasteiger partial charge >= 0.3 is 6.03 Å². The molecule has 0 saturated carbocycles. The highest BCUT2D eigenvalue weighted by atomic mass is 32.1. The van der Waals surface area contributed by atoms with E-state index in [2.05, 4.69) is 16.0 Å². The van der Waals surface area contributed by atoms with E-state index in [1.807, 2.05) is 24.4 Å². The number of imide groups is 1. The van der Waals surface area contributed by atoms with E-state index in [1.165, 1.54) is 23.5 Å². The number of amides is 3. The van der Waals surface area contributed by atoms with Gasteiger partial charge in [0.2, 0.25) is 5.91 Å². The highest BCUT2D eigenvalue weighted by Crippen LogP contribution is 2.25. The third-order valence-corrected chi connectivity index (χ3v) is 4.22. The lowest BCUT2D eigenvalue weighted by Gasteiger charge is -2.18. The number of thiophene rings is 1. The molecule has 2 rings (SSSR count). The monoisotopic (exact) mass is 349 g/mol. The third kappa shape index (κ3) is 5.43. The molecule has 0 aliphatic rings. The molecule has 7 heteroatoms. The number of carbonyl (C=O) groups excluding carboxylic acids is 2. The van der Waals surface area contributed by atoms with Crippen LogP contribution in [-0.2, 0) is 4.79 Å². The van der Waals surface area contributed by atoms with Crippen molar-refractivity contribution in [2.24, 2.45) is 0 Å². The normalized spacial score (nSPS) is 11.8. The van der Waals surface area contributed by atoms with Crippen LogP contribution in [0.1, 0.15) is 29.8 Å². The number of hydrogen-bond donors (Lipinski definition) is 3. The minimum absolute atomic E-state index is 0.0283. The number of urea groups is 1. The number of nitrogens with one attached hydrogen (secondary N) is 3. The number of halogens is 1. The van der Waals surface area contributed by atoms with Crippen molar-refractivity contribution < 1.29 is 14.0 Å². The molecule has 2 aromatic rings. The van der Waals surface area contributed by atoms with Gasteiger partial charge < -0.3 is 5.32 Å². The fourth-order valence-electron chi connectivity index (χ4n) is 2.14. The zero-order chi connectivity index (χ0) is 17.4. The van der Waals surface area contributed by atoms with Crippen molar-refractivity contribution in [2.75, 3.05) is 13.1 Å². The topological polar surface area (TPSA) is 70.2 Å². The summed E-state index contributed by atoms with van der Waals surface area (Å²) in [7, 11) is 0. The Balaban J connectivity index is 1.98. The van der Waals surface area contributed by atoms with Crippen molar-refractivity contribution in [3.05, 3.63) is 58.0 Å². The maximum atomic E-state index is 13.1. The quantitative estimate of drug-likeness (QED) is 0.720. The van der Waals surface area contributed by atoms with Gasteiger partial charge in [-0.1, -0.05) is 25.1 Å². The van der Waals surface area contributed by atoms with E-state index in [-0.39, 0.29) is 18.4 Å². The summed E-state index contributed by atoms with van der Waals surface area (Å²) in [4.78, 5) is 24.4. The van der Waals surface area contributed by atoms with Crippen LogP contribution < -0.4 is 16.0 Å².